The predicted octanol–water partition coefficient (Wildman–Crippen LogP) is 4.53. The van der Waals surface area contributed by atoms with Crippen molar-refractivity contribution in [3.8, 4) is 9.88 Å². The number of carbonyl (C=O) groups excluding carboxylic acids is 1. The molecule has 0 radical (unpaired) electrons. The number of carbonyl (C=O) groups is 1. The van der Waals surface area contributed by atoms with Crippen molar-refractivity contribution < 1.29 is 9.90 Å². The Hall–Kier alpha value is -0.400. The zero-order chi connectivity index (χ0) is 15.0. The van der Waals surface area contributed by atoms with Crippen molar-refractivity contribution in [3.05, 3.63) is 22.7 Å². The fourth-order valence-corrected chi connectivity index (χ4v) is 5.93. The van der Waals surface area contributed by atoms with Crippen LogP contribution in [0, 0.1) is 5.41 Å². The van der Waals surface area contributed by atoms with Crippen molar-refractivity contribution in [2.24, 2.45) is 5.41 Å². The number of fused-ring (bicyclic) bond motifs is 1. The van der Waals surface area contributed by atoms with Crippen molar-refractivity contribution in [1.29, 1.82) is 0 Å². The average Bonchev–Trinajstić information content (AvgIpc) is 3.01. The SMILES string of the molecule is CC1(C)CC(=O)c2c(SCCO)sc(-c3nccs3)c2C1.Cl. The van der Waals surface area contributed by atoms with E-state index in [9.17, 15) is 4.79 Å². The van der Waals surface area contributed by atoms with E-state index >= 15 is 0 Å². The molecule has 0 atom stereocenters. The molecule has 120 valence electrons. The highest BCUT2D eigenvalue weighted by molar-refractivity contribution is 8.01. The second kappa shape index (κ2) is 7.01. The Bertz CT molecular complexity index is 665. The highest BCUT2D eigenvalue weighted by Crippen LogP contribution is 2.48. The molecule has 0 bridgehead atoms. The van der Waals surface area contributed by atoms with Crippen LogP contribution in [0.5, 0.6) is 0 Å². The van der Waals surface area contributed by atoms with Gasteiger partial charge in [-0.1, -0.05) is 13.8 Å². The number of thioether (sulfide) groups is 1. The van der Waals surface area contributed by atoms with E-state index in [1.807, 2.05) is 11.6 Å². The van der Waals surface area contributed by atoms with Crippen LogP contribution in [0.3, 0.4) is 0 Å². The minimum atomic E-state index is 0. The molecule has 0 spiro atoms. The van der Waals surface area contributed by atoms with Gasteiger partial charge in [-0.3, -0.25) is 4.79 Å². The third-order valence-electron chi connectivity index (χ3n) is 3.50. The summed E-state index contributed by atoms with van der Waals surface area (Å²) in [5.41, 5.74) is 2.07. The van der Waals surface area contributed by atoms with Crippen molar-refractivity contribution >= 4 is 52.6 Å². The minimum Gasteiger partial charge on any atom is -0.396 e. The van der Waals surface area contributed by atoms with Gasteiger partial charge >= 0.3 is 0 Å². The molecule has 0 aliphatic heterocycles. The van der Waals surface area contributed by atoms with E-state index in [1.165, 1.54) is 0 Å². The monoisotopic (exact) mass is 375 g/mol. The van der Waals surface area contributed by atoms with Gasteiger partial charge in [0.25, 0.3) is 0 Å². The number of nitrogens with zero attached hydrogens (tertiary/aromatic N) is 1. The number of aromatic nitrogens is 1. The summed E-state index contributed by atoms with van der Waals surface area (Å²) in [6.45, 7) is 4.43. The van der Waals surface area contributed by atoms with Gasteiger partial charge < -0.3 is 5.11 Å². The topological polar surface area (TPSA) is 50.2 Å². The first-order valence-electron chi connectivity index (χ1n) is 6.84. The summed E-state index contributed by atoms with van der Waals surface area (Å²) in [7, 11) is 0. The fraction of sp³-hybridized carbons (Fsp3) is 0.467. The Kier molecular flexibility index (Phi) is 5.72. The molecule has 3 rings (SSSR count). The molecule has 22 heavy (non-hydrogen) atoms. The quantitative estimate of drug-likeness (QED) is 0.797. The molecule has 2 heterocycles. The summed E-state index contributed by atoms with van der Waals surface area (Å²) >= 11 is 4.85. The number of hydrogen-bond acceptors (Lipinski definition) is 6. The molecule has 0 fully saturated rings. The maximum absolute atomic E-state index is 12.6. The molecule has 2 aromatic rings. The minimum absolute atomic E-state index is 0. The van der Waals surface area contributed by atoms with Gasteiger partial charge in [-0.25, -0.2) is 4.98 Å². The van der Waals surface area contributed by atoms with E-state index in [0.29, 0.717) is 12.2 Å². The van der Waals surface area contributed by atoms with Crippen molar-refractivity contribution in [2.45, 2.75) is 30.9 Å². The molecule has 7 heteroatoms. The van der Waals surface area contributed by atoms with Crippen LogP contribution in [0.1, 0.15) is 36.2 Å². The number of thiazole rings is 1. The second-order valence-electron chi connectivity index (χ2n) is 5.92. The van der Waals surface area contributed by atoms with Crippen LogP contribution in [0.2, 0.25) is 0 Å². The van der Waals surface area contributed by atoms with E-state index in [4.69, 9.17) is 5.11 Å². The Morgan fingerprint density at radius 2 is 2.18 bits per heavy atom. The number of ketones is 1. The maximum atomic E-state index is 12.6. The molecule has 0 aromatic carbocycles. The van der Waals surface area contributed by atoms with Crippen LogP contribution >= 0.6 is 46.8 Å². The summed E-state index contributed by atoms with van der Waals surface area (Å²) in [6.07, 6.45) is 3.32. The van der Waals surface area contributed by atoms with Gasteiger partial charge in [-0.15, -0.1) is 46.8 Å². The fourth-order valence-electron chi connectivity index (χ4n) is 2.71. The lowest BCUT2D eigenvalue weighted by Gasteiger charge is -2.29. The Balaban J connectivity index is 0.00000176. The number of aliphatic hydroxyl groups is 1. The summed E-state index contributed by atoms with van der Waals surface area (Å²) < 4.78 is 1.05. The number of aliphatic hydroxyl groups excluding tert-OH is 1. The predicted molar refractivity (Wildman–Crippen MR) is 96.9 cm³/mol. The number of halogens is 1. The first-order chi connectivity index (χ1) is 10.0. The number of Topliss-reactive ketones (excluding diaryl/α,β-unsaturated/α-hetero) is 1. The summed E-state index contributed by atoms with van der Waals surface area (Å²) in [5, 5.41) is 12.0. The summed E-state index contributed by atoms with van der Waals surface area (Å²) in [6, 6.07) is 0. The van der Waals surface area contributed by atoms with Crippen molar-refractivity contribution in [3.63, 3.8) is 0 Å². The van der Waals surface area contributed by atoms with Crippen LogP contribution in [0.25, 0.3) is 9.88 Å². The van der Waals surface area contributed by atoms with E-state index in [1.54, 1.807) is 34.4 Å². The normalized spacial score (nSPS) is 16.2. The lowest BCUT2D eigenvalue weighted by Crippen LogP contribution is -2.26. The lowest BCUT2D eigenvalue weighted by atomic mass is 9.74. The van der Waals surface area contributed by atoms with E-state index < -0.39 is 0 Å². The molecule has 0 amide bonds. The number of thiophene rings is 1. The smallest absolute Gasteiger partial charge is 0.165 e. The molecule has 1 N–H and O–H groups in total. The van der Waals surface area contributed by atoms with Crippen LogP contribution in [0.4, 0.5) is 0 Å². The van der Waals surface area contributed by atoms with Gasteiger partial charge in [0.05, 0.1) is 15.7 Å². The Morgan fingerprint density at radius 1 is 1.41 bits per heavy atom. The van der Waals surface area contributed by atoms with Gasteiger partial charge in [-0.05, 0) is 17.4 Å². The largest absolute Gasteiger partial charge is 0.396 e. The summed E-state index contributed by atoms with van der Waals surface area (Å²) in [5.74, 6) is 0.863. The zero-order valence-corrected chi connectivity index (χ0v) is 15.7. The van der Waals surface area contributed by atoms with Crippen LogP contribution in [0.15, 0.2) is 15.8 Å². The van der Waals surface area contributed by atoms with Gasteiger partial charge in [0.2, 0.25) is 0 Å². The van der Waals surface area contributed by atoms with Gasteiger partial charge in [0.1, 0.15) is 5.01 Å². The molecule has 1 aliphatic rings. The molecule has 0 saturated heterocycles. The van der Waals surface area contributed by atoms with E-state index in [-0.39, 0.29) is 30.2 Å². The maximum Gasteiger partial charge on any atom is 0.165 e. The molecule has 1 aliphatic carbocycles. The number of rotatable bonds is 4. The van der Waals surface area contributed by atoms with Crippen LogP contribution in [-0.2, 0) is 6.42 Å². The Morgan fingerprint density at radius 3 is 2.82 bits per heavy atom. The third-order valence-corrected chi connectivity index (χ3v) is 6.91. The van der Waals surface area contributed by atoms with Crippen LogP contribution < -0.4 is 0 Å². The highest BCUT2D eigenvalue weighted by Gasteiger charge is 2.36. The Labute approximate surface area is 148 Å². The highest BCUT2D eigenvalue weighted by atomic mass is 35.5. The van der Waals surface area contributed by atoms with Crippen LogP contribution in [-0.4, -0.2) is 28.2 Å². The summed E-state index contributed by atoms with van der Waals surface area (Å²) in [4.78, 5) is 18.1. The molecule has 0 saturated carbocycles. The van der Waals surface area contributed by atoms with Crippen molar-refractivity contribution in [2.75, 3.05) is 12.4 Å². The van der Waals surface area contributed by atoms with Crippen molar-refractivity contribution in [1.82, 2.24) is 4.98 Å². The molecular weight excluding hydrogens is 358 g/mol. The zero-order valence-electron chi connectivity index (χ0n) is 12.4. The molecule has 3 nitrogen and oxygen atoms in total. The van der Waals surface area contributed by atoms with Gasteiger partial charge in [0.15, 0.2) is 5.78 Å². The second-order valence-corrected chi connectivity index (χ2v) is 9.20. The van der Waals surface area contributed by atoms with E-state index in [2.05, 4.69) is 18.8 Å². The molecule has 0 unspecified atom stereocenters. The molecular formula is C15H18ClNO2S3. The number of hydrogen-bond donors (Lipinski definition) is 1. The van der Waals surface area contributed by atoms with E-state index in [0.717, 1.165) is 31.6 Å². The first kappa shape index (κ1) is 17.9. The molecule has 2 aromatic heterocycles. The lowest BCUT2D eigenvalue weighted by molar-refractivity contribution is 0.0910. The standard InChI is InChI=1S/C15H17NO2S3.ClH/c1-15(2)7-9-11(10(18)8-15)14(20-6-4-17)21-12(9)13-16-3-5-19-13;/h3,5,17H,4,6-8H2,1-2H3;1H. The van der Waals surface area contributed by atoms with Gasteiger partial charge in [0, 0.05) is 29.3 Å². The van der Waals surface area contributed by atoms with Gasteiger partial charge in [-0.2, -0.15) is 0 Å². The average molecular weight is 376 g/mol. The third kappa shape index (κ3) is 3.41. The first-order valence-corrected chi connectivity index (χ1v) is 9.52.